The van der Waals surface area contributed by atoms with Crippen molar-refractivity contribution in [2.45, 2.75) is 96.8 Å². The normalized spacial score (nSPS) is 11.4. The molecule has 1 unspecified atom stereocenters. The van der Waals surface area contributed by atoms with E-state index >= 15 is 0 Å². The first-order valence-corrected chi connectivity index (χ1v) is 16.7. The number of hydrogen-bond donors (Lipinski definition) is 0. The Morgan fingerprint density at radius 3 is 0.973 bits per heavy atom. The van der Waals surface area contributed by atoms with Crippen molar-refractivity contribution >= 4 is 50.1 Å². The summed E-state index contributed by atoms with van der Waals surface area (Å²) in [6.07, 6.45) is 21.1. The van der Waals surface area contributed by atoms with Crippen LogP contribution in [-0.2, 0) is 0 Å². The van der Waals surface area contributed by atoms with Crippen molar-refractivity contribution in [3.63, 3.8) is 0 Å². The molecule has 0 bridgehead atoms. The van der Waals surface area contributed by atoms with E-state index in [2.05, 4.69) is 97.9 Å². The van der Waals surface area contributed by atoms with Gasteiger partial charge in [-0.25, -0.2) is 0 Å². The SMILES string of the molecule is Br.CCCCCCCCCCCCCCCC[PH](c1ccccc1)(c1ccccc1)c1ccccc1.P. The summed E-state index contributed by atoms with van der Waals surface area (Å²) in [6.45, 7) is 2.30. The molecule has 3 aromatic carbocycles. The molecule has 0 heterocycles. The van der Waals surface area contributed by atoms with Crippen molar-refractivity contribution in [2.75, 3.05) is 6.16 Å². The second-order valence-electron chi connectivity index (χ2n) is 10.3. The van der Waals surface area contributed by atoms with Crippen LogP contribution in [-0.4, -0.2) is 6.16 Å². The molecule has 0 amide bonds. The van der Waals surface area contributed by atoms with Crippen molar-refractivity contribution in [1.82, 2.24) is 0 Å². The first-order chi connectivity index (χ1) is 17.4. The Hall–Kier alpha value is -1.000. The maximum absolute atomic E-state index is 2.38. The number of hydrogen-bond acceptors (Lipinski definition) is 0. The van der Waals surface area contributed by atoms with Gasteiger partial charge in [0.1, 0.15) is 0 Å². The Morgan fingerprint density at radius 1 is 0.405 bits per heavy atom. The summed E-state index contributed by atoms with van der Waals surface area (Å²) in [4.78, 5) is 0. The summed E-state index contributed by atoms with van der Waals surface area (Å²) in [6, 6.07) is 34.2. The fourth-order valence-corrected chi connectivity index (χ4v) is 10.6. The number of halogens is 1. The molecule has 3 rings (SSSR count). The number of benzene rings is 3. The van der Waals surface area contributed by atoms with E-state index in [1.165, 1.54) is 96.1 Å². The van der Waals surface area contributed by atoms with Gasteiger partial charge in [-0.1, -0.05) is 26.2 Å². The standard InChI is InChI=1S/C34H49P.BrH.H3P/c1-2-3-4-5-6-7-8-9-10-11-12-13-14-24-31-35(32-25-18-15-19-26-32,33-27-20-16-21-28-33)34-29-22-17-23-30-34;;/h15-23,25-30,35H,2-14,24,31H2,1H3;1H;1H3. The van der Waals surface area contributed by atoms with Gasteiger partial charge in [0.05, 0.1) is 0 Å². The Morgan fingerprint density at radius 2 is 0.676 bits per heavy atom. The molecule has 0 radical (unpaired) electrons. The minimum Gasteiger partial charge on any atom is -0.153 e. The van der Waals surface area contributed by atoms with Crippen molar-refractivity contribution < 1.29 is 0 Å². The van der Waals surface area contributed by atoms with Crippen LogP contribution in [0, 0.1) is 0 Å². The van der Waals surface area contributed by atoms with Crippen LogP contribution in [0.1, 0.15) is 96.8 Å². The minimum absolute atomic E-state index is 0. The van der Waals surface area contributed by atoms with Crippen LogP contribution in [0.2, 0.25) is 0 Å². The van der Waals surface area contributed by atoms with Crippen LogP contribution in [0.25, 0.3) is 0 Å². The fourth-order valence-electron chi connectivity index (χ4n) is 5.69. The summed E-state index contributed by atoms with van der Waals surface area (Å²) >= 11 is 0. The van der Waals surface area contributed by atoms with Crippen LogP contribution >= 0.6 is 34.1 Å². The third kappa shape index (κ3) is 11.3. The van der Waals surface area contributed by atoms with E-state index in [4.69, 9.17) is 0 Å². The van der Waals surface area contributed by atoms with Gasteiger partial charge in [0.25, 0.3) is 0 Å². The maximum atomic E-state index is 2.38. The van der Waals surface area contributed by atoms with Gasteiger partial charge >= 0.3 is 191 Å². The zero-order valence-electron chi connectivity index (χ0n) is 23.4. The van der Waals surface area contributed by atoms with Crippen LogP contribution in [0.3, 0.4) is 0 Å². The second-order valence-corrected chi connectivity index (χ2v) is 14.4. The predicted octanol–water partition coefficient (Wildman–Crippen LogP) is 9.83. The van der Waals surface area contributed by atoms with Gasteiger partial charge in [-0.2, -0.15) is 9.90 Å². The molecule has 37 heavy (non-hydrogen) atoms. The van der Waals surface area contributed by atoms with E-state index in [1.807, 2.05) is 0 Å². The summed E-state index contributed by atoms with van der Waals surface area (Å²) in [5, 5.41) is 4.64. The Balaban J connectivity index is 0.00000342. The molecule has 3 heteroatoms. The molecule has 0 spiro atoms. The van der Waals surface area contributed by atoms with Gasteiger partial charge in [0.15, 0.2) is 0 Å². The van der Waals surface area contributed by atoms with Crippen LogP contribution in [0.15, 0.2) is 91.0 Å². The molecule has 1 atom stereocenters. The Kier molecular flexibility index (Phi) is 19.2. The molecule has 0 saturated heterocycles. The maximum Gasteiger partial charge on any atom is -0.153 e. The molecule has 0 saturated carbocycles. The predicted molar refractivity (Wildman–Crippen MR) is 183 cm³/mol. The van der Waals surface area contributed by atoms with Gasteiger partial charge in [-0.15, -0.1) is 17.0 Å². The smallest absolute Gasteiger partial charge is 0.153 e. The van der Waals surface area contributed by atoms with E-state index in [-0.39, 0.29) is 26.9 Å². The van der Waals surface area contributed by atoms with E-state index in [9.17, 15) is 0 Å². The van der Waals surface area contributed by atoms with Gasteiger partial charge < -0.3 is 0 Å². The second kappa shape index (κ2) is 20.9. The molecule has 0 N–H and O–H groups in total. The quantitative estimate of drug-likeness (QED) is 0.100. The molecule has 0 aliphatic heterocycles. The fraction of sp³-hybridized carbons (Fsp3) is 0.471. The van der Waals surface area contributed by atoms with E-state index in [0.717, 1.165) is 0 Å². The van der Waals surface area contributed by atoms with Crippen LogP contribution < -0.4 is 15.9 Å². The van der Waals surface area contributed by atoms with E-state index in [1.54, 1.807) is 15.9 Å². The van der Waals surface area contributed by atoms with Crippen molar-refractivity contribution in [3.05, 3.63) is 91.0 Å². The average Bonchev–Trinajstić information content (AvgIpc) is 2.93. The number of rotatable bonds is 18. The summed E-state index contributed by atoms with van der Waals surface area (Å²) < 4.78 is 0. The van der Waals surface area contributed by atoms with Crippen LogP contribution in [0.4, 0.5) is 0 Å². The van der Waals surface area contributed by atoms with Crippen molar-refractivity contribution in [3.8, 4) is 0 Å². The zero-order chi connectivity index (χ0) is 24.4. The summed E-state index contributed by atoms with van der Waals surface area (Å²) in [5.41, 5.74) is 0. The molecular formula is C34H53BrP2. The molecule has 0 aliphatic carbocycles. The van der Waals surface area contributed by atoms with Crippen molar-refractivity contribution in [1.29, 1.82) is 0 Å². The third-order valence-electron chi connectivity index (χ3n) is 7.71. The molecule has 0 nitrogen and oxygen atoms in total. The van der Waals surface area contributed by atoms with Crippen molar-refractivity contribution in [2.24, 2.45) is 0 Å². The summed E-state index contributed by atoms with van der Waals surface area (Å²) in [7, 11) is -2.03. The minimum atomic E-state index is -2.03. The average molecular weight is 604 g/mol. The third-order valence-corrected chi connectivity index (χ3v) is 12.8. The molecule has 0 fully saturated rings. The van der Waals surface area contributed by atoms with Crippen LogP contribution in [0.5, 0.6) is 0 Å². The largest absolute Gasteiger partial charge is 0.153 e. The first kappa shape index (κ1) is 34.0. The molecular weight excluding hydrogens is 550 g/mol. The zero-order valence-corrected chi connectivity index (χ0v) is 27.5. The first-order valence-electron chi connectivity index (χ1n) is 14.5. The van der Waals surface area contributed by atoms with E-state index < -0.39 is 7.26 Å². The molecule has 0 aliphatic rings. The molecule has 206 valence electrons. The van der Waals surface area contributed by atoms with Gasteiger partial charge in [0.2, 0.25) is 0 Å². The van der Waals surface area contributed by atoms with Gasteiger partial charge in [-0.05, 0) is 0 Å². The molecule has 3 aromatic rings. The Bertz CT molecular complexity index is 802. The Labute approximate surface area is 243 Å². The van der Waals surface area contributed by atoms with Gasteiger partial charge in [0, 0.05) is 0 Å². The van der Waals surface area contributed by atoms with Gasteiger partial charge in [-0.3, -0.25) is 0 Å². The monoisotopic (exact) mass is 602 g/mol. The summed E-state index contributed by atoms with van der Waals surface area (Å²) in [5.74, 6) is 0. The molecule has 0 aromatic heterocycles. The topological polar surface area (TPSA) is 0 Å². The van der Waals surface area contributed by atoms with E-state index in [0.29, 0.717) is 0 Å². The number of unbranched alkanes of at least 4 members (excludes halogenated alkanes) is 13.